The van der Waals surface area contributed by atoms with Crippen LogP contribution in [-0.4, -0.2) is 12.3 Å². The summed E-state index contributed by atoms with van der Waals surface area (Å²) in [5.41, 5.74) is 5.34. The average Bonchev–Trinajstić information content (AvgIpc) is 2.58. The van der Waals surface area contributed by atoms with Crippen LogP contribution >= 0.6 is 7.92 Å². The molecule has 0 bridgehead atoms. The number of halogens is 3. The third-order valence-corrected chi connectivity index (χ3v) is 6.32. The van der Waals surface area contributed by atoms with Crippen molar-refractivity contribution >= 4 is 14.0 Å². The Morgan fingerprint density at radius 1 is 1.00 bits per heavy atom. The Balaban J connectivity index is -0.000000640. The third-order valence-electron chi connectivity index (χ3n) is 3.28. The van der Waals surface area contributed by atoms with Crippen LogP contribution in [0.25, 0.3) is 6.08 Å². The summed E-state index contributed by atoms with van der Waals surface area (Å²) in [5.74, 6) is 0. The Morgan fingerprint density at radius 3 is 2.05 bits per heavy atom. The molecule has 1 radical (unpaired) electrons. The molecular weight excluding hydrogens is 397 g/mol. The molecule has 105 valence electrons. The molecule has 0 saturated carbocycles. The van der Waals surface area contributed by atoms with Gasteiger partial charge in [0.2, 0.25) is 0 Å². The van der Waals surface area contributed by atoms with Gasteiger partial charge in [0.15, 0.2) is 0 Å². The second-order valence-electron chi connectivity index (χ2n) is 4.14. The Bertz CT molecular complexity index is 392. The zero-order chi connectivity index (χ0) is 10.8. The van der Waals surface area contributed by atoms with Crippen molar-refractivity contribution in [1.82, 2.24) is 0 Å². The van der Waals surface area contributed by atoms with Crippen molar-refractivity contribution in [2.75, 3.05) is 12.3 Å². The van der Waals surface area contributed by atoms with Crippen molar-refractivity contribution in [3.63, 3.8) is 0 Å². The molecule has 0 heterocycles. The van der Waals surface area contributed by atoms with Crippen molar-refractivity contribution < 1.29 is 63.4 Å². The van der Waals surface area contributed by atoms with E-state index >= 15 is 0 Å². The van der Waals surface area contributed by atoms with Crippen LogP contribution in [0.1, 0.15) is 37.6 Å². The molecule has 1 aromatic rings. The zero-order valence-corrected chi connectivity index (χ0v) is 17.1. The van der Waals surface area contributed by atoms with Gasteiger partial charge in [0, 0.05) is 5.66 Å². The molecule has 0 saturated heterocycles. The quantitative estimate of drug-likeness (QED) is 0.438. The second kappa shape index (κ2) is 11.8. The molecular formula is C14H19Cl3PZr. The minimum absolute atomic E-state index is 0. The van der Waals surface area contributed by atoms with Gasteiger partial charge >= 0.3 is 26.2 Å². The first-order valence-electron chi connectivity index (χ1n) is 5.79. The van der Waals surface area contributed by atoms with Gasteiger partial charge in [0.25, 0.3) is 0 Å². The van der Waals surface area contributed by atoms with Gasteiger partial charge in [-0.25, -0.2) is 0 Å². The minimum Gasteiger partial charge on any atom is -1.00 e. The van der Waals surface area contributed by atoms with E-state index in [-0.39, 0.29) is 71.3 Å². The predicted octanol–water partition coefficient (Wildman–Crippen LogP) is -4.32. The SMILES string of the molecule is CCP(CC)C1C(C)=Cc2ccccc21.[Cl-].[Cl-].[Cl-].[Zr+3]. The molecule has 1 atom stereocenters. The third kappa shape index (κ3) is 5.45. The number of fused-ring (bicyclic) bond motifs is 1. The van der Waals surface area contributed by atoms with Gasteiger partial charge in [0.1, 0.15) is 0 Å². The maximum atomic E-state index is 2.38. The average molecular weight is 416 g/mol. The van der Waals surface area contributed by atoms with Gasteiger partial charge in [-0.2, -0.15) is 0 Å². The van der Waals surface area contributed by atoms with E-state index in [2.05, 4.69) is 51.1 Å². The van der Waals surface area contributed by atoms with Gasteiger partial charge in [-0.05, 0) is 30.4 Å². The summed E-state index contributed by atoms with van der Waals surface area (Å²) in [7, 11) is 0.148. The molecule has 0 nitrogen and oxygen atoms in total. The normalized spacial score (nSPS) is 15.2. The summed E-state index contributed by atoms with van der Waals surface area (Å²) in [6.45, 7) is 6.97. The van der Waals surface area contributed by atoms with E-state index < -0.39 is 0 Å². The van der Waals surface area contributed by atoms with Crippen LogP contribution in [-0.2, 0) is 26.2 Å². The fourth-order valence-corrected chi connectivity index (χ4v) is 4.99. The van der Waals surface area contributed by atoms with Crippen LogP contribution < -0.4 is 37.2 Å². The first-order valence-corrected chi connectivity index (χ1v) is 7.57. The largest absolute Gasteiger partial charge is 3.00 e. The van der Waals surface area contributed by atoms with Crippen molar-refractivity contribution in [3.05, 3.63) is 41.0 Å². The summed E-state index contributed by atoms with van der Waals surface area (Å²) in [6, 6.07) is 8.88. The summed E-state index contributed by atoms with van der Waals surface area (Å²) in [6.07, 6.45) is 5.06. The molecule has 0 aromatic heterocycles. The number of allylic oxidation sites excluding steroid dienone is 1. The van der Waals surface area contributed by atoms with Crippen LogP contribution in [0.3, 0.4) is 0 Å². The van der Waals surface area contributed by atoms with Crippen molar-refractivity contribution in [2.24, 2.45) is 0 Å². The second-order valence-corrected chi connectivity index (χ2v) is 7.10. The van der Waals surface area contributed by atoms with Crippen LogP contribution in [0.4, 0.5) is 0 Å². The minimum atomic E-state index is 0. The zero-order valence-electron chi connectivity index (χ0n) is 11.5. The standard InChI is InChI=1S/C14H19P.3ClH.Zr/c1-4-15(5-2)14-11(3)10-12-8-6-7-9-13(12)14;;;;/h6-10,14H,4-5H2,1-3H3;3*1H;/q;;;;+3/p-3. The monoisotopic (exact) mass is 413 g/mol. The molecule has 0 spiro atoms. The predicted molar refractivity (Wildman–Crippen MR) is 70.8 cm³/mol. The fraction of sp³-hybridized carbons (Fsp3) is 0.429. The van der Waals surface area contributed by atoms with Gasteiger partial charge < -0.3 is 37.2 Å². The van der Waals surface area contributed by atoms with Crippen LogP contribution in [0, 0.1) is 0 Å². The van der Waals surface area contributed by atoms with Gasteiger partial charge in [-0.1, -0.05) is 57.7 Å². The molecule has 1 aliphatic carbocycles. The smallest absolute Gasteiger partial charge is 1.00 e. The number of rotatable bonds is 3. The van der Waals surface area contributed by atoms with E-state index in [1.54, 1.807) is 11.1 Å². The van der Waals surface area contributed by atoms with E-state index in [1.807, 2.05) is 0 Å². The molecule has 19 heavy (non-hydrogen) atoms. The summed E-state index contributed by atoms with van der Waals surface area (Å²) in [5, 5.41) is 0. The Labute approximate surface area is 156 Å². The maximum Gasteiger partial charge on any atom is 3.00 e. The Kier molecular flexibility index (Phi) is 15.6. The molecule has 2 rings (SSSR count). The maximum absolute atomic E-state index is 2.38. The first kappa shape index (κ1) is 25.1. The van der Waals surface area contributed by atoms with Gasteiger partial charge in [-0.15, -0.1) is 0 Å². The van der Waals surface area contributed by atoms with E-state index in [4.69, 9.17) is 0 Å². The first-order chi connectivity index (χ1) is 7.27. The van der Waals surface area contributed by atoms with Crippen molar-refractivity contribution in [3.8, 4) is 0 Å². The fourth-order valence-electron chi connectivity index (χ4n) is 2.53. The molecule has 0 fully saturated rings. The topological polar surface area (TPSA) is 0 Å². The van der Waals surface area contributed by atoms with Crippen LogP contribution in [0.15, 0.2) is 29.8 Å². The molecule has 1 aliphatic rings. The number of hydrogen-bond acceptors (Lipinski definition) is 0. The number of hydrogen-bond donors (Lipinski definition) is 0. The molecule has 0 amide bonds. The molecule has 0 N–H and O–H groups in total. The van der Waals surface area contributed by atoms with E-state index in [9.17, 15) is 0 Å². The molecule has 5 heteroatoms. The summed E-state index contributed by atoms with van der Waals surface area (Å²) >= 11 is 0. The Morgan fingerprint density at radius 2 is 1.53 bits per heavy atom. The summed E-state index contributed by atoms with van der Waals surface area (Å²) < 4.78 is 0. The van der Waals surface area contributed by atoms with Gasteiger partial charge in [-0.3, -0.25) is 0 Å². The van der Waals surface area contributed by atoms with Crippen LogP contribution in [0.2, 0.25) is 0 Å². The van der Waals surface area contributed by atoms with E-state index in [1.165, 1.54) is 17.9 Å². The molecule has 1 aromatic carbocycles. The van der Waals surface area contributed by atoms with E-state index in [0.29, 0.717) is 0 Å². The number of benzene rings is 1. The van der Waals surface area contributed by atoms with Gasteiger partial charge in [0.05, 0.1) is 0 Å². The van der Waals surface area contributed by atoms with E-state index in [0.717, 1.165) is 5.66 Å². The molecule has 0 aliphatic heterocycles. The van der Waals surface area contributed by atoms with Crippen molar-refractivity contribution in [2.45, 2.75) is 26.4 Å². The van der Waals surface area contributed by atoms with Crippen LogP contribution in [0.5, 0.6) is 0 Å². The Hall–Kier alpha value is 1.14. The molecule has 1 unspecified atom stereocenters. The summed E-state index contributed by atoms with van der Waals surface area (Å²) in [4.78, 5) is 0. The van der Waals surface area contributed by atoms with Crippen molar-refractivity contribution in [1.29, 1.82) is 0 Å².